The summed E-state index contributed by atoms with van der Waals surface area (Å²) in [5, 5.41) is 3.52. The summed E-state index contributed by atoms with van der Waals surface area (Å²) in [6, 6.07) is 10.5. The number of anilines is 1. The highest BCUT2D eigenvalue weighted by molar-refractivity contribution is 9.13. The van der Waals surface area contributed by atoms with Crippen LogP contribution in [0.1, 0.15) is 22.7 Å². The van der Waals surface area contributed by atoms with Gasteiger partial charge in [0, 0.05) is 25.7 Å². The smallest absolute Gasteiger partial charge is 0.0636 e. The summed E-state index contributed by atoms with van der Waals surface area (Å²) in [6.45, 7) is 4.72. The third-order valence-electron chi connectivity index (χ3n) is 3.36. The zero-order valence-electron chi connectivity index (χ0n) is 11.9. The molecule has 0 aliphatic heterocycles. The number of halogens is 3. The Kier molecular flexibility index (Phi) is 5.88. The molecule has 0 heterocycles. The summed E-state index contributed by atoms with van der Waals surface area (Å²) in [7, 11) is 0. The van der Waals surface area contributed by atoms with Gasteiger partial charge in [0.1, 0.15) is 0 Å². The van der Waals surface area contributed by atoms with E-state index in [0.29, 0.717) is 6.54 Å². The van der Waals surface area contributed by atoms with Crippen molar-refractivity contribution in [2.75, 3.05) is 11.9 Å². The van der Waals surface area contributed by atoms with E-state index in [1.807, 2.05) is 6.07 Å². The Morgan fingerprint density at radius 1 is 1.00 bits per heavy atom. The van der Waals surface area contributed by atoms with Crippen molar-refractivity contribution in [1.29, 1.82) is 0 Å². The lowest BCUT2D eigenvalue weighted by atomic mass is 10.1. The van der Waals surface area contributed by atoms with Crippen LogP contribution < -0.4 is 11.1 Å². The minimum Gasteiger partial charge on any atom is -0.377 e. The van der Waals surface area contributed by atoms with Crippen molar-refractivity contribution in [2.45, 2.75) is 19.9 Å². The van der Waals surface area contributed by atoms with Crippen LogP contribution in [-0.4, -0.2) is 6.54 Å². The molecule has 21 heavy (non-hydrogen) atoms. The number of hydrogen-bond acceptors (Lipinski definition) is 2. The van der Waals surface area contributed by atoms with Crippen LogP contribution in [0.25, 0.3) is 0 Å². The number of aryl methyl sites for hydroxylation is 2. The van der Waals surface area contributed by atoms with Gasteiger partial charge in [-0.1, -0.05) is 22.0 Å². The van der Waals surface area contributed by atoms with Gasteiger partial charge in [0.2, 0.25) is 0 Å². The highest BCUT2D eigenvalue weighted by atomic mass is 79.9. The van der Waals surface area contributed by atoms with Crippen LogP contribution in [0.2, 0.25) is 0 Å². The zero-order chi connectivity index (χ0) is 15.6. The molecule has 0 saturated heterocycles. The van der Waals surface area contributed by atoms with Crippen LogP contribution in [0.4, 0.5) is 5.69 Å². The lowest BCUT2D eigenvalue weighted by Gasteiger charge is -2.20. The van der Waals surface area contributed by atoms with Crippen molar-refractivity contribution in [3.63, 3.8) is 0 Å². The van der Waals surface area contributed by atoms with Crippen molar-refractivity contribution < 1.29 is 0 Å². The second-order valence-corrected chi connectivity index (χ2v) is 7.53. The molecule has 5 heteroatoms. The van der Waals surface area contributed by atoms with Crippen LogP contribution in [-0.2, 0) is 0 Å². The average molecular weight is 477 g/mol. The molecule has 2 aromatic rings. The van der Waals surface area contributed by atoms with Crippen LogP contribution in [0.5, 0.6) is 0 Å². The summed E-state index contributed by atoms with van der Waals surface area (Å²) in [4.78, 5) is 0. The van der Waals surface area contributed by atoms with E-state index in [1.54, 1.807) is 0 Å². The predicted octanol–water partition coefficient (Wildman–Crippen LogP) is 5.70. The fourth-order valence-corrected chi connectivity index (χ4v) is 3.11. The van der Waals surface area contributed by atoms with Gasteiger partial charge in [-0.05, 0) is 86.7 Å². The monoisotopic (exact) mass is 474 g/mol. The Balaban J connectivity index is 2.28. The van der Waals surface area contributed by atoms with Crippen molar-refractivity contribution in [3.05, 3.63) is 60.4 Å². The van der Waals surface area contributed by atoms with Crippen LogP contribution in [0.15, 0.2) is 43.7 Å². The number of nitrogens with two attached hydrogens (primary N) is 1. The molecule has 0 aliphatic rings. The van der Waals surface area contributed by atoms with E-state index in [4.69, 9.17) is 5.73 Å². The van der Waals surface area contributed by atoms with Gasteiger partial charge in [-0.3, -0.25) is 0 Å². The van der Waals surface area contributed by atoms with E-state index in [9.17, 15) is 0 Å². The number of nitrogens with one attached hydrogen (secondary N) is 1. The van der Waals surface area contributed by atoms with Crippen molar-refractivity contribution >= 4 is 53.5 Å². The Morgan fingerprint density at radius 3 is 2.14 bits per heavy atom. The molecule has 2 rings (SSSR count). The molecule has 0 bridgehead atoms. The third kappa shape index (κ3) is 4.09. The first kappa shape index (κ1) is 17.0. The molecule has 2 aromatic carbocycles. The summed E-state index contributed by atoms with van der Waals surface area (Å²) in [6.07, 6.45) is 0. The second kappa shape index (κ2) is 7.27. The summed E-state index contributed by atoms with van der Waals surface area (Å²) in [5.41, 5.74) is 10.6. The molecule has 3 N–H and O–H groups in total. The van der Waals surface area contributed by atoms with Crippen LogP contribution in [0.3, 0.4) is 0 Å². The van der Waals surface area contributed by atoms with E-state index >= 15 is 0 Å². The maximum Gasteiger partial charge on any atom is 0.0636 e. The molecule has 1 atom stereocenters. The lowest BCUT2D eigenvalue weighted by molar-refractivity contribution is 0.788. The largest absolute Gasteiger partial charge is 0.377 e. The maximum atomic E-state index is 5.95. The minimum atomic E-state index is 0.0781. The van der Waals surface area contributed by atoms with Gasteiger partial charge in [-0.25, -0.2) is 0 Å². The molecule has 0 aliphatic carbocycles. The Hall–Kier alpha value is -0.360. The standard InChI is InChI=1S/C16H17Br3N2/c1-9-5-12(6-10(2)16(9)19)21-15(8-20)11-3-4-13(17)14(18)7-11/h3-7,15,21H,8,20H2,1-2H3. The average Bonchev–Trinajstić information content (AvgIpc) is 2.45. The van der Waals surface area contributed by atoms with Gasteiger partial charge in [-0.2, -0.15) is 0 Å². The van der Waals surface area contributed by atoms with E-state index in [0.717, 1.165) is 24.7 Å². The lowest BCUT2D eigenvalue weighted by Crippen LogP contribution is -2.20. The quantitative estimate of drug-likeness (QED) is 0.593. The number of rotatable bonds is 4. The summed E-state index contributed by atoms with van der Waals surface area (Å²) < 4.78 is 3.23. The van der Waals surface area contributed by atoms with Crippen molar-refractivity contribution in [1.82, 2.24) is 0 Å². The van der Waals surface area contributed by atoms with E-state index in [1.165, 1.54) is 11.1 Å². The highest BCUT2D eigenvalue weighted by Gasteiger charge is 2.12. The van der Waals surface area contributed by atoms with Gasteiger partial charge in [0.25, 0.3) is 0 Å². The molecule has 0 aromatic heterocycles. The van der Waals surface area contributed by atoms with Crippen LogP contribution >= 0.6 is 47.8 Å². The van der Waals surface area contributed by atoms with E-state index < -0.39 is 0 Å². The Morgan fingerprint density at radius 2 is 1.62 bits per heavy atom. The molecule has 0 spiro atoms. The topological polar surface area (TPSA) is 38.0 Å². The first-order valence-corrected chi connectivity index (χ1v) is 8.98. The highest BCUT2D eigenvalue weighted by Crippen LogP contribution is 2.30. The van der Waals surface area contributed by atoms with Gasteiger partial charge in [-0.15, -0.1) is 0 Å². The van der Waals surface area contributed by atoms with E-state index in [2.05, 4.69) is 91.2 Å². The normalized spacial score (nSPS) is 12.3. The molecule has 0 radical (unpaired) electrons. The Bertz CT molecular complexity index is 633. The predicted molar refractivity (Wildman–Crippen MR) is 101 cm³/mol. The molecular weight excluding hydrogens is 460 g/mol. The first-order chi connectivity index (χ1) is 9.92. The summed E-state index contributed by atoms with van der Waals surface area (Å²) >= 11 is 10.6. The second-order valence-electron chi connectivity index (χ2n) is 5.03. The van der Waals surface area contributed by atoms with Crippen molar-refractivity contribution in [3.8, 4) is 0 Å². The van der Waals surface area contributed by atoms with Crippen LogP contribution in [0, 0.1) is 13.8 Å². The van der Waals surface area contributed by atoms with E-state index in [-0.39, 0.29) is 6.04 Å². The minimum absolute atomic E-state index is 0.0781. The third-order valence-corrected chi connectivity index (χ3v) is 6.49. The zero-order valence-corrected chi connectivity index (χ0v) is 16.6. The number of hydrogen-bond donors (Lipinski definition) is 2. The summed E-state index contributed by atoms with van der Waals surface area (Å²) in [5.74, 6) is 0. The molecule has 2 nitrogen and oxygen atoms in total. The maximum absolute atomic E-state index is 5.95. The van der Waals surface area contributed by atoms with Gasteiger partial charge < -0.3 is 11.1 Å². The Labute approximate surface area is 150 Å². The molecule has 0 amide bonds. The van der Waals surface area contributed by atoms with Crippen molar-refractivity contribution in [2.24, 2.45) is 5.73 Å². The number of benzene rings is 2. The van der Waals surface area contributed by atoms with Gasteiger partial charge in [0.15, 0.2) is 0 Å². The molecule has 112 valence electrons. The van der Waals surface area contributed by atoms with Gasteiger partial charge in [0.05, 0.1) is 6.04 Å². The molecule has 1 unspecified atom stereocenters. The molecule has 0 fully saturated rings. The molecule has 0 saturated carbocycles. The fourth-order valence-electron chi connectivity index (χ4n) is 2.24. The molecular formula is C16H17Br3N2. The van der Waals surface area contributed by atoms with Gasteiger partial charge >= 0.3 is 0 Å². The fraction of sp³-hybridized carbons (Fsp3) is 0.250. The first-order valence-electron chi connectivity index (χ1n) is 6.60. The SMILES string of the molecule is Cc1cc(NC(CN)c2ccc(Br)c(Br)c2)cc(C)c1Br.